The molecule has 65 valence electrons. The predicted octanol–water partition coefficient (Wildman–Crippen LogP) is 2.19. The number of rotatable bonds is 2. The first-order valence-corrected chi connectivity index (χ1v) is 4.41. The van der Waals surface area contributed by atoms with Crippen molar-refractivity contribution < 1.29 is 9.47 Å². The van der Waals surface area contributed by atoms with E-state index in [9.17, 15) is 0 Å². The largest absolute Gasteiger partial charge is 0.489 e. The van der Waals surface area contributed by atoms with Crippen molar-refractivity contribution in [1.29, 1.82) is 0 Å². The van der Waals surface area contributed by atoms with Gasteiger partial charge in [-0.1, -0.05) is 6.08 Å². The van der Waals surface area contributed by atoms with Crippen LogP contribution in [0.3, 0.4) is 0 Å². The summed E-state index contributed by atoms with van der Waals surface area (Å²) in [5.41, 5.74) is 1.23. The van der Waals surface area contributed by atoms with Gasteiger partial charge in [0.2, 0.25) is 0 Å². The minimum Gasteiger partial charge on any atom is -0.489 e. The molecule has 2 aliphatic heterocycles. The zero-order chi connectivity index (χ0) is 8.23. The fourth-order valence-corrected chi connectivity index (χ4v) is 1.56. The molecule has 1 fully saturated rings. The molecular weight excluding hydrogens is 152 g/mol. The molecule has 1 radical (unpaired) electrons. The van der Waals surface area contributed by atoms with Crippen LogP contribution in [0.25, 0.3) is 0 Å². The van der Waals surface area contributed by atoms with E-state index in [0.717, 1.165) is 13.0 Å². The Bertz CT molecular complexity index is 200. The van der Waals surface area contributed by atoms with Crippen molar-refractivity contribution in [1.82, 2.24) is 0 Å². The molecule has 2 nitrogen and oxygen atoms in total. The Morgan fingerprint density at radius 2 is 2.50 bits per heavy atom. The third-order valence-corrected chi connectivity index (χ3v) is 2.17. The highest BCUT2D eigenvalue weighted by Crippen LogP contribution is 2.22. The van der Waals surface area contributed by atoms with Gasteiger partial charge in [0.25, 0.3) is 0 Å². The van der Waals surface area contributed by atoms with Crippen LogP contribution in [0.5, 0.6) is 0 Å². The molecule has 1 atom stereocenters. The van der Waals surface area contributed by atoms with Gasteiger partial charge < -0.3 is 9.47 Å². The van der Waals surface area contributed by atoms with Crippen LogP contribution in [0.1, 0.15) is 19.3 Å². The van der Waals surface area contributed by atoms with E-state index in [1.807, 2.05) is 6.08 Å². The predicted molar refractivity (Wildman–Crippen MR) is 46.2 cm³/mol. The third-order valence-electron chi connectivity index (χ3n) is 2.17. The van der Waals surface area contributed by atoms with Crippen LogP contribution in [0, 0.1) is 6.61 Å². The number of hydrogen-bond donors (Lipinski definition) is 0. The van der Waals surface area contributed by atoms with Crippen LogP contribution < -0.4 is 0 Å². The smallest absolute Gasteiger partial charge is 0.160 e. The Balaban J connectivity index is 1.84. The maximum atomic E-state index is 5.52. The molecular formula is C10H13O2. The first-order valence-electron chi connectivity index (χ1n) is 4.41. The Labute approximate surface area is 72.9 Å². The van der Waals surface area contributed by atoms with Crippen molar-refractivity contribution in [3.63, 3.8) is 0 Å². The van der Waals surface area contributed by atoms with Gasteiger partial charge >= 0.3 is 0 Å². The molecule has 2 heterocycles. The summed E-state index contributed by atoms with van der Waals surface area (Å²) in [5, 5.41) is 0. The quantitative estimate of drug-likeness (QED) is 0.624. The van der Waals surface area contributed by atoms with Gasteiger partial charge in [-0.3, -0.25) is 0 Å². The fourth-order valence-electron chi connectivity index (χ4n) is 1.56. The van der Waals surface area contributed by atoms with Crippen molar-refractivity contribution in [2.75, 3.05) is 6.61 Å². The molecule has 0 N–H and O–H groups in total. The lowest BCUT2D eigenvalue weighted by Crippen LogP contribution is -2.07. The number of hydrogen-bond acceptors (Lipinski definition) is 2. The summed E-state index contributed by atoms with van der Waals surface area (Å²) in [5.74, 6) is 0. The lowest BCUT2D eigenvalue weighted by atomic mass is 10.1. The Morgan fingerprint density at radius 1 is 1.50 bits per heavy atom. The first kappa shape index (κ1) is 7.87. The van der Waals surface area contributed by atoms with Crippen molar-refractivity contribution in [2.24, 2.45) is 0 Å². The lowest BCUT2D eigenvalue weighted by molar-refractivity contribution is 0.110. The molecule has 1 saturated heterocycles. The lowest BCUT2D eigenvalue weighted by Gasteiger charge is -2.13. The Morgan fingerprint density at radius 3 is 3.17 bits per heavy atom. The van der Waals surface area contributed by atoms with E-state index in [4.69, 9.17) is 9.47 Å². The Hall–Kier alpha value is -0.760. The second-order valence-corrected chi connectivity index (χ2v) is 3.16. The van der Waals surface area contributed by atoms with E-state index in [2.05, 4.69) is 6.08 Å². The molecule has 0 aromatic carbocycles. The molecule has 0 aromatic rings. The molecule has 2 aliphatic rings. The van der Waals surface area contributed by atoms with Gasteiger partial charge in [0.15, 0.2) is 6.61 Å². The van der Waals surface area contributed by atoms with E-state index < -0.39 is 0 Å². The van der Waals surface area contributed by atoms with Crippen LogP contribution in [0.4, 0.5) is 0 Å². The monoisotopic (exact) mass is 165 g/mol. The van der Waals surface area contributed by atoms with Gasteiger partial charge in [0.05, 0.1) is 12.4 Å². The molecule has 0 aliphatic carbocycles. The van der Waals surface area contributed by atoms with Crippen molar-refractivity contribution >= 4 is 0 Å². The van der Waals surface area contributed by atoms with Crippen LogP contribution in [-0.4, -0.2) is 12.7 Å². The van der Waals surface area contributed by atoms with Crippen LogP contribution in [0.2, 0.25) is 0 Å². The van der Waals surface area contributed by atoms with Crippen LogP contribution in [-0.2, 0) is 9.47 Å². The van der Waals surface area contributed by atoms with E-state index in [1.165, 1.54) is 18.4 Å². The average molecular weight is 165 g/mol. The maximum Gasteiger partial charge on any atom is 0.160 e. The van der Waals surface area contributed by atoms with E-state index in [-0.39, 0.29) is 0 Å². The summed E-state index contributed by atoms with van der Waals surface area (Å²) in [7, 11) is 0. The molecule has 0 saturated carbocycles. The molecule has 0 aromatic heterocycles. The van der Waals surface area contributed by atoms with Gasteiger partial charge in [0, 0.05) is 6.61 Å². The van der Waals surface area contributed by atoms with Crippen LogP contribution in [0.15, 0.2) is 24.0 Å². The SMILES string of the molecule is [CH]1OC=CC=C1CC1CCCO1. The molecule has 0 bridgehead atoms. The molecule has 0 amide bonds. The topological polar surface area (TPSA) is 18.5 Å². The van der Waals surface area contributed by atoms with Crippen LogP contribution >= 0.6 is 0 Å². The minimum absolute atomic E-state index is 0.419. The number of ether oxygens (including phenoxy) is 2. The molecule has 2 rings (SSSR count). The fraction of sp³-hybridized carbons (Fsp3) is 0.500. The highest BCUT2D eigenvalue weighted by molar-refractivity contribution is 5.21. The maximum absolute atomic E-state index is 5.52. The summed E-state index contributed by atoms with van der Waals surface area (Å²) in [6.07, 6.45) is 9.48. The highest BCUT2D eigenvalue weighted by Gasteiger charge is 2.17. The summed E-state index contributed by atoms with van der Waals surface area (Å²) >= 11 is 0. The highest BCUT2D eigenvalue weighted by atomic mass is 16.5. The standard InChI is InChI=1S/C10H13O2/c1-3-9(8-11-5-1)7-10-4-2-6-12-10/h1,3,5,8,10H,2,4,6-7H2. The summed E-state index contributed by atoms with van der Waals surface area (Å²) in [6, 6.07) is 0. The minimum atomic E-state index is 0.419. The molecule has 2 heteroatoms. The number of allylic oxidation sites excluding steroid dienone is 2. The summed E-state index contributed by atoms with van der Waals surface area (Å²) in [4.78, 5) is 0. The van der Waals surface area contributed by atoms with Gasteiger partial charge in [0.1, 0.15) is 0 Å². The van der Waals surface area contributed by atoms with Gasteiger partial charge in [-0.05, 0) is 30.9 Å². The zero-order valence-electron chi connectivity index (χ0n) is 7.03. The zero-order valence-corrected chi connectivity index (χ0v) is 7.03. The van der Waals surface area contributed by atoms with Gasteiger partial charge in [-0.2, -0.15) is 0 Å². The van der Waals surface area contributed by atoms with Crippen molar-refractivity contribution in [3.05, 3.63) is 30.6 Å². The molecule has 1 unspecified atom stereocenters. The average Bonchev–Trinajstić information content (AvgIpc) is 2.59. The second kappa shape index (κ2) is 3.76. The van der Waals surface area contributed by atoms with Gasteiger partial charge in [-0.15, -0.1) is 0 Å². The van der Waals surface area contributed by atoms with Gasteiger partial charge in [-0.25, -0.2) is 0 Å². The summed E-state index contributed by atoms with van der Waals surface area (Å²) < 4.78 is 10.6. The van der Waals surface area contributed by atoms with E-state index >= 15 is 0 Å². The molecule has 12 heavy (non-hydrogen) atoms. The Kier molecular flexibility index (Phi) is 2.47. The third kappa shape index (κ3) is 1.89. The van der Waals surface area contributed by atoms with Crippen molar-refractivity contribution in [2.45, 2.75) is 25.4 Å². The second-order valence-electron chi connectivity index (χ2n) is 3.16. The van der Waals surface area contributed by atoms with Crippen molar-refractivity contribution in [3.8, 4) is 0 Å². The molecule has 0 spiro atoms. The van der Waals surface area contributed by atoms with E-state index in [0.29, 0.717) is 6.10 Å². The normalized spacial score (nSPS) is 28.3. The van der Waals surface area contributed by atoms with E-state index in [1.54, 1.807) is 12.9 Å². The first-order chi connectivity index (χ1) is 5.95. The summed E-state index contributed by atoms with van der Waals surface area (Å²) in [6.45, 7) is 2.72.